The smallest absolute Gasteiger partial charge is 0.146 e. The highest BCUT2D eigenvalue weighted by molar-refractivity contribution is 7.17. The number of rotatable bonds is 7. The van der Waals surface area contributed by atoms with Crippen LogP contribution in [-0.4, -0.2) is 71.7 Å². The third-order valence-corrected chi connectivity index (χ3v) is 7.51. The number of likely N-dealkylation sites (tertiary alicyclic amines) is 1. The molecule has 0 amide bonds. The minimum atomic E-state index is 0.618. The van der Waals surface area contributed by atoms with Gasteiger partial charge in [-0.3, -0.25) is 4.90 Å². The normalized spacial score (nSPS) is 20.4. The maximum absolute atomic E-state index is 5.51. The van der Waals surface area contributed by atoms with Crippen molar-refractivity contribution in [3.8, 4) is 11.1 Å². The zero-order valence-electron chi connectivity index (χ0n) is 19.1. The van der Waals surface area contributed by atoms with Crippen molar-refractivity contribution >= 4 is 27.4 Å². The van der Waals surface area contributed by atoms with Crippen LogP contribution in [0.2, 0.25) is 0 Å². The van der Waals surface area contributed by atoms with E-state index in [2.05, 4.69) is 64.7 Å². The van der Waals surface area contributed by atoms with Crippen LogP contribution >= 0.6 is 11.3 Å². The Bertz CT molecular complexity index is 1030. The minimum absolute atomic E-state index is 0.618. The molecule has 3 aromatic rings. The Labute approximate surface area is 194 Å². The van der Waals surface area contributed by atoms with E-state index in [0.29, 0.717) is 12.0 Å². The second kappa shape index (κ2) is 9.83. The molecule has 6 nitrogen and oxygen atoms in total. The average molecular weight is 452 g/mol. The summed E-state index contributed by atoms with van der Waals surface area (Å²) in [4.78, 5) is 16.1. The number of nitrogens with zero attached hydrogens (tertiary/aromatic N) is 4. The number of benzene rings is 1. The van der Waals surface area contributed by atoms with Gasteiger partial charge in [0.2, 0.25) is 0 Å². The molecule has 2 aliphatic heterocycles. The van der Waals surface area contributed by atoms with E-state index in [1.807, 2.05) is 0 Å². The van der Waals surface area contributed by atoms with Crippen LogP contribution in [0.15, 0.2) is 35.7 Å². The molecule has 4 heterocycles. The Kier molecular flexibility index (Phi) is 6.69. The van der Waals surface area contributed by atoms with Gasteiger partial charge in [-0.2, -0.15) is 0 Å². The van der Waals surface area contributed by atoms with E-state index in [1.54, 1.807) is 11.3 Å². The molecule has 5 rings (SSSR count). The number of fused-ring (bicyclic) bond motifs is 1. The van der Waals surface area contributed by atoms with Gasteiger partial charge in [-0.1, -0.05) is 30.3 Å². The van der Waals surface area contributed by atoms with E-state index < -0.39 is 0 Å². The van der Waals surface area contributed by atoms with E-state index in [9.17, 15) is 0 Å². The molecule has 32 heavy (non-hydrogen) atoms. The topological polar surface area (TPSA) is 53.5 Å². The van der Waals surface area contributed by atoms with Gasteiger partial charge < -0.3 is 15.0 Å². The van der Waals surface area contributed by atoms with Crippen LogP contribution in [0, 0.1) is 5.92 Å². The molecule has 1 atom stereocenters. The number of nitrogens with one attached hydrogen (secondary N) is 1. The van der Waals surface area contributed by atoms with Gasteiger partial charge in [0.25, 0.3) is 0 Å². The monoisotopic (exact) mass is 451 g/mol. The third kappa shape index (κ3) is 4.81. The summed E-state index contributed by atoms with van der Waals surface area (Å²) in [6, 6.07) is 11.2. The van der Waals surface area contributed by atoms with Crippen molar-refractivity contribution in [1.29, 1.82) is 0 Å². The van der Waals surface area contributed by atoms with Crippen molar-refractivity contribution in [2.75, 3.05) is 51.3 Å². The lowest BCUT2D eigenvalue weighted by Gasteiger charge is -2.26. The van der Waals surface area contributed by atoms with E-state index in [-0.39, 0.29) is 0 Å². The molecule has 2 fully saturated rings. The van der Waals surface area contributed by atoms with Crippen molar-refractivity contribution < 1.29 is 4.74 Å². The fourth-order valence-corrected chi connectivity index (χ4v) is 5.68. The molecule has 2 aliphatic rings. The fourth-order valence-electron chi connectivity index (χ4n) is 4.71. The highest BCUT2D eigenvalue weighted by atomic mass is 32.1. The molecule has 7 heteroatoms. The van der Waals surface area contributed by atoms with E-state index >= 15 is 0 Å². The van der Waals surface area contributed by atoms with Gasteiger partial charge in [-0.25, -0.2) is 9.97 Å². The number of aromatic nitrogens is 2. The predicted octanol–water partition coefficient (Wildman–Crippen LogP) is 4.33. The Hall–Kier alpha value is -2.06. The molecule has 2 saturated heterocycles. The van der Waals surface area contributed by atoms with Crippen LogP contribution in [0.25, 0.3) is 21.3 Å². The summed E-state index contributed by atoms with van der Waals surface area (Å²) in [5.74, 6) is 2.55. The maximum atomic E-state index is 5.51. The van der Waals surface area contributed by atoms with Crippen molar-refractivity contribution in [3.05, 3.63) is 41.5 Å². The molecule has 0 bridgehead atoms. The highest BCUT2D eigenvalue weighted by Crippen LogP contribution is 2.37. The standard InChI is InChI=1S/C25H33N5OS/c1-18(2)30-9-8-19(15-30)14-26-24-23-21(20-6-4-3-5-7-20)17-32-25(23)28-22(27-24)16-29-10-12-31-13-11-29/h3-7,17-19H,8-16H2,1-2H3,(H,26,27,28)/t19-/m1/s1. The van der Waals surface area contributed by atoms with E-state index in [4.69, 9.17) is 14.7 Å². The first-order valence-electron chi connectivity index (χ1n) is 11.8. The molecule has 0 saturated carbocycles. The number of thiophene rings is 1. The van der Waals surface area contributed by atoms with Crippen molar-refractivity contribution in [1.82, 2.24) is 19.8 Å². The first kappa shape index (κ1) is 21.8. The predicted molar refractivity (Wildman–Crippen MR) is 132 cm³/mol. The fraction of sp³-hybridized carbons (Fsp3) is 0.520. The molecule has 0 radical (unpaired) electrons. The van der Waals surface area contributed by atoms with Crippen molar-refractivity contribution in [3.63, 3.8) is 0 Å². The van der Waals surface area contributed by atoms with Gasteiger partial charge >= 0.3 is 0 Å². The van der Waals surface area contributed by atoms with Crippen LogP contribution < -0.4 is 5.32 Å². The number of hydrogen-bond donors (Lipinski definition) is 1. The summed E-state index contributed by atoms with van der Waals surface area (Å²) in [5.41, 5.74) is 2.44. The Morgan fingerprint density at radius 1 is 1.12 bits per heavy atom. The summed E-state index contributed by atoms with van der Waals surface area (Å²) >= 11 is 1.72. The molecule has 170 valence electrons. The first-order valence-corrected chi connectivity index (χ1v) is 12.7. The SMILES string of the molecule is CC(C)N1CC[C@H](CNc2nc(CN3CCOCC3)nc3scc(-c4ccccc4)c23)C1. The van der Waals surface area contributed by atoms with Crippen molar-refractivity contribution in [2.45, 2.75) is 32.9 Å². The molecular formula is C25H33N5OS. The van der Waals surface area contributed by atoms with Crippen LogP contribution in [0.4, 0.5) is 5.82 Å². The molecule has 1 N–H and O–H groups in total. The van der Waals surface area contributed by atoms with Gasteiger partial charge in [0, 0.05) is 43.2 Å². The van der Waals surface area contributed by atoms with Gasteiger partial charge in [-0.05, 0) is 38.3 Å². The van der Waals surface area contributed by atoms with Crippen LogP contribution in [0.1, 0.15) is 26.1 Å². The maximum Gasteiger partial charge on any atom is 0.146 e. The number of morpholine rings is 1. The lowest BCUT2D eigenvalue weighted by molar-refractivity contribution is 0.0331. The highest BCUT2D eigenvalue weighted by Gasteiger charge is 2.25. The van der Waals surface area contributed by atoms with Crippen LogP contribution in [-0.2, 0) is 11.3 Å². The quantitative estimate of drug-likeness (QED) is 0.577. The average Bonchev–Trinajstić information content (AvgIpc) is 3.46. The molecular weight excluding hydrogens is 418 g/mol. The second-order valence-corrected chi connectivity index (χ2v) is 10.1. The molecule has 2 aromatic heterocycles. The molecule has 0 aliphatic carbocycles. The van der Waals surface area contributed by atoms with Crippen molar-refractivity contribution in [2.24, 2.45) is 5.92 Å². The molecule has 0 unspecified atom stereocenters. The molecule has 0 spiro atoms. The zero-order chi connectivity index (χ0) is 21.9. The Morgan fingerprint density at radius 3 is 2.69 bits per heavy atom. The Balaban J connectivity index is 1.43. The Morgan fingerprint density at radius 2 is 1.94 bits per heavy atom. The molecule has 1 aromatic carbocycles. The summed E-state index contributed by atoms with van der Waals surface area (Å²) < 4.78 is 5.51. The summed E-state index contributed by atoms with van der Waals surface area (Å²) in [5, 5.41) is 7.14. The number of hydrogen-bond acceptors (Lipinski definition) is 7. The summed E-state index contributed by atoms with van der Waals surface area (Å²) in [6.07, 6.45) is 1.25. The van der Waals surface area contributed by atoms with Crippen LogP contribution in [0.3, 0.4) is 0 Å². The largest absolute Gasteiger partial charge is 0.379 e. The minimum Gasteiger partial charge on any atom is -0.379 e. The first-order chi connectivity index (χ1) is 15.7. The summed E-state index contributed by atoms with van der Waals surface area (Å²) in [7, 11) is 0. The van der Waals surface area contributed by atoms with Gasteiger partial charge in [0.15, 0.2) is 0 Å². The summed E-state index contributed by atoms with van der Waals surface area (Å²) in [6.45, 7) is 12.1. The van der Waals surface area contributed by atoms with Crippen LogP contribution in [0.5, 0.6) is 0 Å². The second-order valence-electron chi connectivity index (χ2n) is 9.20. The third-order valence-electron chi connectivity index (χ3n) is 6.64. The van der Waals surface area contributed by atoms with Gasteiger partial charge in [0.1, 0.15) is 16.5 Å². The van der Waals surface area contributed by atoms with E-state index in [1.165, 1.54) is 24.1 Å². The van der Waals surface area contributed by atoms with E-state index in [0.717, 1.165) is 67.8 Å². The van der Waals surface area contributed by atoms with Gasteiger partial charge in [-0.15, -0.1) is 11.3 Å². The lowest BCUT2D eigenvalue weighted by Crippen LogP contribution is -2.36. The number of ether oxygens (including phenoxy) is 1. The number of anilines is 1. The zero-order valence-corrected chi connectivity index (χ0v) is 19.9. The van der Waals surface area contributed by atoms with Gasteiger partial charge in [0.05, 0.1) is 25.1 Å². The lowest BCUT2D eigenvalue weighted by atomic mass is 10.1.